The molecule has 0 saturated heterocycles. The number of hydrogen-bond acceptors (Lipinski definition) is 7. The van der Waals surface area contributed by atoms with Gasteiger partial charge < -0.3 is 24.8 Å². The molecule has 0 heterocycles. The van der Waals surface area contributed by atoms with E-state index in [0.717, 1.165) is 55.6 Å². The van der Waals surface area contributed by atoms with E-state index >= 15 is 0 Å². The van der Waals surface area contributed by atoms with Crippen molar-refractivity contribution in [3.63, 3.8) is 0 Å². The van der Waals surface area contributed by atoms with Gasteiger partial charge in [0.1, 0.15) is 25.3 Å². The molecule has 0 bridgehead atoms. The highest BCUT2D eigenvalue weighted by Gasteiger charge is 2.34. The second-order valence-corrected chi connectivity index (χ2v) is 14.2. The van der Waals surface area contributed by atoms with Crippen molar-refractivity contribution in [2.45, 2.75) is 36.8 Å². The van der Waals surface area contributed by atoms with Gasteiger partial charge in [-0.2, -0.15) is 0 Å². The number of amides is 2. The summed E-state index contributed by atoms with van der Waals surface area (Å²) in [6.07, 6.45) is -1.61. The lowest BCUT2D eigenvalue weighted by Gasteiger charge is -2.21. The van der Waals surface area contributed by atoms with Crippen LogP contribution in [0.2, 0.25) is 0 Å². The van der Waals surface area contributed by atoms with E-state index in [1.807, 2.05) is 133 Å². The Labute approximate surface area is 330 Å². The van der Waals surface area contributed by atoms with Crippen molar-refractivity contribution in [3.05, 3.63) is 191 Å². The molecule has 6 aromatic rings. The standard InChI is InChI=1S/C48H40N2O7/c51-45(43(27-31-15-3-1-4-16-31)49-47(53)55-29-41-37-23-11-7-19-33(37)34-20-8-12-24-38(34)41)57-46(52)44(28-32-17-5-2-6-18-32)50-48(54)56-30-42-39-25-13-9-21-35(39)36-22-10-14-26-40(36)42/h1-26,41-44H,27-30H2,(H,49,53)(H,50,54)/t43-,44-/m0/s1. The van der Waals surface area contributed by atoms with Gasteiger partial charge in [0.25, 0.3) is 0 Å². The minimum absolute atomic E-state index is 0.0281. The zero-order chi connectivity index (χ0) is 39.1. The molecule has 57 heavy (non-hydrogen) atoms. The van der Waals surface area contributed by atoms with Crippen LogP contribution in [0.3, 0.4) is 0 Å². The Kier molecular flexibility index (Phi) is 10.9. The molecule has 6 aromatic carbocycles. The molecule has 0 aromatic heterocycles. The van der Waals surface area contributed by atoms with Crippen LogP contribution < -0.4 is 10.6 Å². The summed E-state index contributed by atoms with van der Waals surface area (Å²) in [6, 6.07) is 47.5. The van der Waals surface area contributed by atoms with Crippen molar-refractivity contribution < 1.29 is 33.4 Å². The molecule has 9 nitrogen and oxygen atoms in total. The van der Waals surface area contributed by atoms with Crippen LogP contribution in [-0.4, -0.2) is 49.4 Å². The maximum atomic E-state index is 13.8. The molecule has 2 atom stereocenters. The van der Waals surface area contributed by atoms with Crippen LogP contribution in [0, 0.1) is 0 Å². The van der Waals surface area contributed by atoms with E-state index in [2.05, 4.69) is 10.6 Å². The van der Waals surface area contributed by atoms with Gasteiger partial charge in [0.2, 0.25) is 0 Å². The molecule has 2 N–H and O–H groups in total. The molecule has 0 aliphatic heterocycles. The third kappa shape index (κ3) is 8.18. The lowest BCUT2D eigenvalue weighted by Crippen LogP contribution is -2.48. The summed E-state index contributed by atoms with van der Waals surface area (Å²) in [4.78, 5) is 54.3. The van der Waals surface area contributed by atoms with Crippen molar-refractivity contribution in [2.75, 3.05) is 13.2 Å². The fourth-order valence-corrected chi connectivity index (χ4v) is 7.89. The number of benzene rings is 6. The Balaban J connectivity index is 0.949. The fourth-order valence-electron chi connectivity index (χ4n) is 7.89. The highest BCUT2D eigenvalue weighted by atomic mass is 16.6. The number of fused-ring (bicyclic) bond motifs is 6. The normalized spacial score (nSPS) is 13.5. The first-order valence-electron chi connectivity index (χ1n) is 19.0. The molecule has 2 aliphatic rings. The first kappa shape index (κ1) is 36.9. The quantitative estimate of drug-likeness (QED) is 0.0732. The summed E-state index contributed by atoms with van der Waals surface area (Å²) in [5.74, 6) is -2.37. The van der Waals surface area contributed by atoms with E-state index in [-0.39, 0.29) is 37.9 Å². The highest BCUT2D eigenvalue weighted by Crippen LogP contribution is 2.45. The Morgan fingerprint density at radius 3 is 1.05 bits per heavy atom. The number of rotatable bonds is 12. The Morgan fingerprint density at radius 2 is 0.719 bits per heavy atom. The zero-order valence-corrected chi connectivity index (χ0v) is 31.0. The van der Waals surface area contributed by atoms with Crippen molar-refractivity contribution in [1.29, 1.82) is 0 Å². The van der Waals surface area contributed by atoms with E-state index in [9.17, 15) is 19.2 Å². The second-order valence-electron chi connectivity index (χ2n) is 14.2. The SMILES string of the molecule is O=C(N[C@@H](Cc1ccccc1)C(=O)OC(=O)[C@H](Cc1ccccc1)NC(=O)OCC1c2ccccc2-c2ccccc21)OCC1c2ccccc2-c2ccccc21. The topological polar surface area (TPSA) is 120 Å². The molecule has 0 spiro atoms. The molecule has 0 unspecified atom stereocenters. The third-order valence-corrected chi connectivity index (χ3v) is 10.6. The molecule has 8 rings (SSSR count). The van der Waals surface area contributed by atoms with Gasteiger partial charge >= 0.3 is 24.1 Å². The van der Waals surface area contributed by atoms with Crippen LogP contribution in [0.4, 0.5) is 9.59 Å². The predicted octanol–water partition coefficient (Wildman–Crippen LogP) is 8.36. The number of alkyl carbamates (subject to hydrolysis) is 2. The van der Waals surface area contributed by atoms with Crippen LogP contribution in [0.15, 0.2) is 158 Å². The first-order valence-corrected chi connectivity index (χ1v) is 19.0. The monoisotopic (exact) mass is 756 g/mol. The average molecular weight is 757 g/mol. The van der Waals surface area contributed by atoms with Crippen LogP contribution >= 0.6 is 0 Å². The van der Waals surface area contributed by atoms with Gasteiger partial charge in [0, 0.05) is 24.7 Å². The summed E-state index contributed by atoms with van der Waals surface area (Å²) in [5.41, 5.74) is 9.98. The Bertz CT molecular complexity index is 2160. The first-order chi connectivity index (χ1) is 27.9. The number of carbonyl (C=O) groups is 4. The van der Waals surface area contributed by atoms with Crippen LogP contribution in [0.1, 0.15) is 45.2 Å². The lowest BCUT2D eigenvalue weighted by atomic mass is 9.98. The van der Waals surface area contributed by atoms with E-state index in [1.165, 1.54) is 0 Å². The molecule has 284 valence electrons. The third-order valence-electron chi connectivity index (χ3n) is 10.6. The minimum Gasteiger partial charge on any atom is -0.449 e. The fraction of sp³-hybridized carbons (Fsp3) is 0.167. The van der Waals surface area contributed by atoms with E-state index in [1.54, 1.807) is 24.3 Å². The zero-order valence-electron chi connectivity index (χ0n) is 31.0. The van der Waals surface area contributed by atoms with Crippen LogP contribution in [0.5, 0.6) is 0 Å². The summed E-state index contributed by atoms with van der Waals surface area (Å²) in [7, 11) is 0. The summed E-state index contributed by atoms with van der Waals surface area (Å²) >= 11 is 0. The molecule has 0 saturated carbocycles. The number of carbonyl (C=O) groups excluding carboxylic acids is 4. The smallest absolute Gasteiger partial charge is 0.407 e. The van der Waals surface area contributed by atoms with E-state index < -0.39 is 36.2 Å². The van der Waals surface area contributed by atoms with Crippen LogP contribution in [-0.2, 0) is 36.6 Å². The average Bonchev–Trinajstić information content (AvgIpc) is 3.74. The molecule has 0 radical (unpaired) electrons. The van der Waals surface area contributed by atoms with E-state index in [4.69, 9.17) is 14.2 Å². The molecule has 0 fully saturated rings. The van der Waals surface area contributed by atoms with Crippen molar-refractivity contribution in [2.24, 2.45) is 0 Å². The van der Waals surface area contributed by atoms with Gasteiger partial charge in [-0.15, -0.1) is 0 Å². The number of hydrogen-bond donors (Lipinski definition) is 2. The van der Waals surface area contributed by atoms with Gasteiger partial charge in [-0.3, -0.25) is 0 Å². The lowest BCUT2D eigenvalue weighted by molar-refractivity contribution is -0.162. The maximum absolute atomic E-state index is 13.8. The highest BCUT2D eigenvalue weighted by molar-refractivity contribution is 5.94. The predicted molar refractivity (Wildman–Crippen MR) is 215 cm³/mol. The van der Waals surface area contributed by atoms with E-state index in [0.29, 0.717) is 0 Å². The second kappa shape index (κ2) is 16.8. The van der Waals surface area contributed by atoms with Gasteiger partial charge in [0.05, 0.1) is 0 Å². The Hall–Kier alpha value is -7.00. The van der Waals surface area contributed by atoms with Crippen LogP contribution in [0.25, 0.3) is 22.3 Å². The maximum Gasteiger partial charge on any atom is 0.407 e. The summed E-state index contributed by atoms with van der Waals surface area (Å²) < 4.78 is 16.9. The van der Waals surface area contributed by atoms with Crippen molar-refractivity contribution in [3.8, 4) is 22.3 Å². The molecule has 2 amide bonds. The van der Waals surface area contributed by atoms with Crippen molar-refractivity contribution in [1.82, 2.24) is 10.6 Å². The van der Waals surface area contributed by atoms with Gasteiger partial charge in [0.15, 0.2) is 0 Å². The number of ether oxygens (including phenoxy) is 3. The van der Waals surface area contributed by atoms with Gasteiger partial charge in [-0.05, 0) is 55.6 Å². The summed E-state index contributed by atoms with van der Waals surface area (Å²) in [5, 5.41) is 5.28. The van der Waals surface area contributed by atoms with Gasteiger partial charge in [-0.1, -0.05) is 158 Å². The number of esters is 2. The van der Waals surface area contributed by atoms with Gasteiger partial charge in [-0.25, -0.2) is 19.2 Å². The molecular weight excluding hydrogens is 717 g/mol. The van der Waals surface area contributed by atoms with Crippen molar-refractivity contribution >= 4 is 24.1 Å². The summed E-state index contributed by atoms with van der Waals surface area (Å²) in [6.45, 7) is 0.0736. The Morgan fingerprint density at radius 1 is 0.421 bits per heavy atom. The minimum atomic E-state index is -1.28. The molecule has 9 heteroatoms. The molecular formula is C48H40N2O7. The number of nitrogens with one attached hydrogen (secondary N) is 2. The molecule has 2 aliphatic carbocycles. The largest absolute Gasteiger partial charge is 0.449 e.